The smallest absolute Gasteiger partial charge is 0.230 e. The van der Waals surface area contributed by atoms with Gasteiger partial charge >= 0.3 is 0 Å². The van der Waals surface area contributed by atoms with Gasteiger partial charge in [-0.2, -0.15) is 11.8 Å². The zero-order valence-electron chi connectivity index (χ0n) is 8.73. The summed E-state index contributed by atoms with van der Waals surface area (Å²) >= 11 is 1.51. The first kappa shape index (κ1) is 11.9. The van der Waals surface area contributed by atoms with E-state index < -0.39 is 0 Å². The Kier molecular flexibility index (Phi) is 5.70. The van der Waals surface area contributed by atoms with Gasteiger partial charge in [0.15, 0.2) is 0 Å². The summed E-state index contributed by atoms with van der Waals surface area (Å²) in [6.45, 7) is 1.05. The molecule has 1 rings (SSSR count). The summed E-state index contributed by atoms with van der Waals surface area (Å²) in [7, 11) is 0. The van der Waals surface area contributed by atoms with Crippen LogP contribution in [0.25, 0.3) is 0 Å². The highest BCUT2D eigenvalue weighted by atomic mass is 32.2. The Bertz CT molecular complexity index is 290. The monoisotopic (exact) mass is 225 g/mol. The molecule has 1 aromatic rings. The molecule has 0 saturated carbocycles. The Morgan fingerprint density at radius 2 is 2.13 bits per heavy atom. The predicted octanol–water partition coefficient (Wildman–Crippen LogP) is 1.54. The van der Waals surface area contributed by atoms with Crippen LogP contribution in [0.4, 0.5) is 0 Å². The topological polar surface area (TPSA) is 38.3 Å². The van der Waals surface area contributed by atoms with Crippen LogP contribution in [0.15, 0.2) is 30.3 Å². The zero-order chi connectivity index (χ0) is 10.9. The number of carbonyl (C=O) groups is 1. The highest BCUT2D eigenvalue weighted by Crippen LogP contribution is 2.07. The van der Waals surface area contributed by atoms with E-state index >= 15 is 0 Å². The molecule has 82 valence electrons. The van der Waals surface area contributed by atoms with Gasteiger partial charge in [0, 0.05) is 0 Å². The number of para-hydroxylation sites is 1. The maximum absolute atomic E-state index is 11.1. The number of benzene rings is 1. The Labute approximate surface area is 94.2 Å². The number of carbonyl (C=O) groups excluding carboxylic acids is 1. The van der Waals surface area contributed by atoms with E-state index in [2.05, 4.69) is 5.32 Å². The van der Waals surface area contributed by atoms with Crippen molar-refractivity contribution in [2.24, 2.45) is 0 Å². The molecule has 0 spiro atoms. The molecule has 0 unspecified atom stereocenters. The average Bonchev–Trinajstić information content (AvgIpc) is 2.26. The van der Waals surface area contributed by atoms with Crippen molar-refractivity contribution in [2.45, 2.75) is 0 Å². The molecule has 1 amide bonds. The Morgan fingerprint density at radius 3 is 2.80 bits per heavy atom. The maximum Gasteiger partial charge on any atom is 0.230 e. The first-order valence-electron chi connectivity index (χ1n) is 4.76. The van der Waals surface area contributed by atoms with Gasteiger partial charge in [0.1, 0.15) is 12.4 Å². The van der Waals surface area contributed by atoms with Gasteiger partial charge in [-0.1, -0.05) is 18.2 Å². The number of amides is 1. The van der Waals surface area contributed by atoms with E-state index in [1.165, 1.54) is 11.8 Å². The van der Waals surface area contributed by atoms with Crippen molar-refractivity contribution in [3.05, 3.63) is 30.3 Å². The van der Waals surface area contributed by atoms with Gasteiger partial charge in [-0.15, -0.1) is 0 Å². The van der Waals surface area contributed by atoms with Crippen LogP contribution < -0.4 is 10.1 Å². The van der Waals surface area contributed by atoms with E-state index in [9.17, 15) is 4.79 Å². The van der Waals surface area contributed by atoms with E-state index in [4.69, 9.17) is 4.74 Å². The molecule has 0 aromatic heterocycles. The lowest BCUT2D eigenvalue weighted by Gasteiger charge is -2.06. The summed E-state index contributed by atoms with van der Waals surface area (Å²) in [6, 6.07) is 9.56. The van der Waals surface area contributed by atoms with Gasteiger partial charge in [0.2, 0.25) is 5.91 Å². The van der Waals surface area contributed by atoms with E-state index in [1.54, 1.807) is 0 Å². The second kappa shape index (κ2) is 7.17. The molecule has 0 atom stereocenters. The van der Waals surface area contributed by atoms with Crippen molar-refractivity contribution < 1.29 is 9.53 Å². The highest BCUT2D eigenvalue weighted by Gasteiger charge is 1.98. The van der Waals surface area contributed by atoms with Crippen LogP contribution in [0.2, 0.25) is 0 Å². The molecule has 0 radical (unpaired) electrons. The lowest BCUT2D eigenvalue weighted by Crippen LogP contribution is -2.29. The van der Waals surface area contributed by atoms with E-state index in [0.717, 1.165) is 5.75 Å². The standard InChI is InChI=1S/C11H15NO2S/c1-15-9-11(13)12-7-8-14-10-5-3-2-4-6-10/h2-6H,7-9H2,1H3,(H,12,13). The van der Waals surface area contributed by atoms with Gasteiger partial charge in [0.05, 0.1) is 12.3 Å². The first-order valence-corrected chi connectivity index (χ1v) is 6.16. The quantitative estimate of drug-likeness (QED) is 0.746. The largest absolute Gasteiger partial charge is 0.492 e. The van der Waals surface area contributed by atoms with Gasteiger partial charge < -0.3 is 10.1 Å². The normalized spacial score (nSPS) is 9.67. The van der Waals surface area contributed by atoms with E-state index in [0.29, 0.717) is 18.9 Å². The van der Waals surface area contributed by atoms with Crippen molar-refractivity contribution in [3.63, 3.8) is 0 Å². The summed E-state index contributed by atoms with van der Waals surface area (Å²) in [5, 5.41) is 2.77. The minimum atomic E-state index is 0.0548. The van der Waals surface area contributed by atoms with Crippen LogP contribution in [-0.4, -0.2) is 31.1 Å². The summed E-state index contributed by atoms with van der Waals surface area (Å²) in [5.41, 5.74) is 0. The third kappa shape index (κ3) is 5.32. The fourth-order valence-corrected chi connectivity index (χ4v) is 1.42. The molecule has 0 aliphatic rings. The molecule has 0 aliphatic carbocycles. The molecule has 1 aromatic carbocycles. The third-order valence-electron chi connectivity index (χ3n) is 1.71. The van der Waals surface area contributed by atoms with Crippen LogP contribution >= 0.6 is 11.8 Å². The minimum Gasteiger partial charge on any atom is -0.492 e. The number of nitrogens with one attached hydrogen (secondary N) is 1. The minimum absolute atomic E-state index is 0.0548. The third-order valence-corrected chi connectivity index (χ3v) is 2.26. The maximum atomic E-state index is 11.1. The van der Waals surface area contributed by atoms with Gasteiger partial charge in [-0.25, -0.2) is 0 Å². The number of rotatable bonds is 6. The predicted molar refractivity (Wildman–Crippen MR) is 63.3 cm³/mol. The average molecular weight is 225 g/mol. The SMILES string of the molecule is CSCC(=O)NCCOc1ccccc1. The second-order valence-electron chi connectivity index (χ2n) is 2.94. The molecular formula is C11H15NO2S. The van der Waals surface area contributed by atoms with Crippen LogP contribution in [0.5, 0.6) is 5.75 Å². The Balaban J connectivity index is 2.10. The molecule has 4 heteroatoms. The number of ether oxygens (including phenoxy) is 1. The summed E-state index contributed by atoms with van der Waals surface area (Å²) in [6.07, 6.45) is 1.90. The van der Waals surface area contributed by atoms with Gasteiger partial charge in [-0.05, 0) is 18.4 Å². The fourth-order valence-electron chi connectivity index (χ4n) is 1.06. The number of thioether (sulfide) groups is 1. The molecule has 3 nitrogen and oxygen atoms in total. The van der Waals surface area contributed by atoms with Crippen molar-refractivity contribution in [1.29, 1.82) is 0 Å². The fraction of sp³-hybridized carbons (Fsp3) is 0.364. The highest BCUT2D eigenvalue weighted by molar-refractivity contribution is 7.99. The van der Waals surface area contributed by atoms with E-state index in [-0.39, 0.29) is 5.91 Å². The van der Waals surface area contributed by atoms with E-state index in [1.807, 2.05) is 36.6 Å². The summed E-state index contributed by atoms with van der Waals surface area (Å²) in [5.74, 6) is 1.39. The Hall–Kier alpha value is -1.16. The zero-order valence-corrected chi connectivity index (χ0v) is 9.55. The van der Waals surface area contributed by atoms with Crippen LogP contribution in [0, 0.1) is 0 Å². The molecule has 15 heavy (non-hydrogen) atoms. The number of hydrogen-bond acceptors (Lipinski definition) is 3. The second-order valence-corrected chi connectivity index (χ2v) is 3.81. The van der Waals surface area contributed by atoms with Crippen molar-refractivity contribution in [2.75, 3.05) is 25.2 Å². The first-order chi connectivity index (χ1) is 7.33. The number of hydrogen-bond donors (Lipinski definition) is 1. The van der Waals surface area contributed by atoms with Crippen molar-refractivity contribution in [1.82, 2.24) is 5.32 Å². The lowest BCUT2D eigenvalue weighted by atomic mass is 10.3. The van der Waals surface area contributed by atoms with Crippen LogP contribution in [-0.2, 0) is 4.79 Å². The molecule has 1 N–H and O–H groups in total. The lowest BCUT2D eigenvalue weighted by molar-refractivity contribution is -0.118. The van der Waals surface area contributed by atoms with Crippen molar-refractivity contribution >= 4 is 17.7 Å². The van der Waals surface area contributed by atoms with Gasteiger partial charge in [0.25, 0.3) is 0 Å². The van der Waals surface area contributed by atoms with Crippen molar-refractivity contribution in [3.8, 4) is 5.75 Å². The summed E-state index contributed by atoms with van der Waals surface area (Å²) < 4.78 is 5.41. The Morgan fingerprint density at radius 1 is 1.40 bits per heavy atom. The van der Waals surface area contributed by atoms with Crippen LogP contribution in [0.3, 0.4) is 0 Å². The molecular weight excluding hydrogens is 210 g/mol. The van der Waals surface area contributed by atoms with Gasteiger partial charge in [-0.3, -0.25) is 4.79 Å². The van der Waals surface area contributed by atoms with Crippen LogP contribution in [0.1, 0.15) is 0 Å². The molecule has 0 aliphatic heterocycles. The molecule has 0 bridgehead atoms. The summed E-state index contributed by atoms with van der Waals surface area (Å²) in [4.78, 5) is 11.1. The molecule has 0 heterocycles. The molecule has 0 fully saturated rings. The molecule has 0 saturated heterocycles.